The standard InChI is InChI=1S/C23H21N3O6S/c1-30-17-10-15(11-18(31-2)20(17)32-3)12-19-22(28)26(23(29)33-19)9-8-25-21(27)16-6-4-14(13-24)5-7-16/h4-7,10-12H,8-9H2,1-3H3,(H,25,27)/b19-12-. The van der Waals surface area contributed by atoms with Crippen molar-refractivity contribution in [3.63, 3.8) is 0 Å². The maximum absolute atomic E-state index is 12.8. The van der Waals surface area contributed by atoms with Gasteiger partial charge >= 0.3 is 0 Å². The average molecular weight is 468 g/mol. The van der Waals surface area contributed by atoms with Crippen molar-refractivity contribution in [3.05, 3.63) is 58.0 Å². The summed E-state index contributed by atoms with van der Waals surface area (Å²) in [5.74, 6) is 0.453. The normalized spacial score (nSPS) is 14.2. The molecule has 3 rings (SSSR count). The number of carbonyl (C=O) groups excluding carboxylic acids is 3. The smallest absolute Gasteiger partial charge is 0.293 e. The molecule has 0 radical (unpaired) electrons. The van der Waals surface area contributed by atoms with E-state index in [-0.39, 0.29) is 23.9 Å². The number of nitrogens with one attached hydrogen (secondary N) is 1. The van der Waals surface area contributed by atoms with Crippen molar-refractivity contribution < 1.29 is 28.6 Å². The fourth-order valence-corrected chi connectivity index (χ4v) is 3.97. The van der Waals surface area contributed by atoms with E-state index in [0.29, 0.717) is 33.9 Å². The monoisotopic (exact) mass is 467 g/mol. The van der Waals surface area contributed by atoms with Gasteiger partial charge in [-0.15, -0.1) is 0 Å². The highest BCUT2D eigenvalue weighted by atomic mass is 32.2. The van der Waals surface area contributed by atoms with Crippen LogP contribution in [0.25, 0.3) is 6.08 Å². The number of benzene rings is 2. The van der Waals surface area contributed by atoms with Crippen LogP contribution in [0.5, 0.6) is 17.2 Å². The summed E-state index contributed by atoms with van der Waals surface area (Å²) < 4.78 is 15.9. The predicted molar refractivity (Wildman–Crippen MR) is 122 cm³/mol. The first-order valence-corrected chi connectivity index (χ1v) is 10.6. The third-order valence-corrected chi connectivity index (χ3v) is 5.66. The van der Waals surface area contributed by atoms with E-state index < -0.39 is 11.1 Å². The zero-order chi connectivity index (χ0) is 24.0. The number of carbonyl (C=O) groups is 3. The van der Waals surface area contributed by atoms with Crippen molar-refractivity contribution >= 4 is 34.9 Å². The van der Waals surface area contributed by atoms with Crippen molar-refractivity contribution in [1.82, 2.24) is 10.2 Å². The Morgan fingerprint density at radius 1 is 1.09 bits per heavy atom. The molecule has 1 aliphatic heterocycles. The van der Waals surface area contributed by atoms with Crippen molar-refractivity contribution in [2.75, 3.05) is 34.4 Å². The number of imide groups is 1. The van der Waals surface area contributed by atoms with Gasteiger partial charge in [-0.3, -0.25) is 19.3 Å². The SMILES string of the molecule is COc1cc(/C=C2\SC(=O)N(CCNC(=O)c3ccc(C#N)cc3)C2=O)cc(OC)c1OC. The van der Waals surface area contributed by atoms with Gasteiger partial charge in [0.25, 0.3) is 17.1 Å². The van der Waals surface area contributed by atoms with E-state index in [1.807, 2.05) is 6.07 Å². The zero-order valence-electron chi connectivity index (χ0n) is 18.2. The van der Waals surface area contributed by atoms with Crippen molar-refractivity contribution in [3.8, 4) is 23.3 Å². The highest BCUT2D eigenvalue weighted by Crippen LogP contribution is 2.40. The molecular formula is C23H21N3O6S. The Kier molecular flexibility index (Phi) is 7.58. The first-order chi connectivity index (χ1) is 15.9. The molecule has 33 heavy (non-hydrogen) atoms. The Labute approximate surface area is 194 Å². The first-order valence-electron chi connectivity index (χ1n) is 9.75. The summed E-state index contributed by atoms with van der Waals surface area (Å²) in [7, 11) is 4.47. The molecule has 0 unspecified atom stereocenters. The summed E-state index contributed by atoms with van der Waals surface area (Å²) in [6, 6.07) is 11.5. The summed E-state index contributed by atoms with van der Waals surface area (Å²) in [5.41, 5.74) is 1.43. The number of hydrogen-bond acceptors (Lipinski definition) is 8. The number of amides is 3. The van der Waals surface area contributed by atoms with Crippen molar-refractivity contribution in [2.24, 2.45) is 0 Å². The predicted octanol–water partition coefficient (Wildman–Crippen LogP) is 3.05. The third kappa shape index (κ3) is 5.27. The second-order valence-electron chi connectivity index (χ2n) is 6.74. The maximum Gasteiger partial charge on any atom is 0.293 e. The fourth-order valence-electron chi connectivity index (χ4n) is 3.11. The van der Waals surface area contributed by atoms with E-state index in [2.05, 4.69) is 5.32 Å². The van der Waals surface area contributed by atoms with Gasteiger partial charge in [-0.2, -0.15) is 5.26 Å². The van der Waals surface area contributed by atoms with E-state index in [9.17, 15) is 14.4 Å². The minimum absolute atomic E-state index is 0.0271. The number of nitriles is 1. The number of hydrogen-bond donors (Lipinski definition) is 1. The van der Waals surface area contributed by atoms with Crippen LogP contribution in [0.2, 0.25) is 0 Å². The first kappa shape index (κ1) is 23.7. The van der Waals surface area contributed by atoms with Gasteiger partial charge in [0.2, 0.25) is 5.75 Å². The average Bonchev–Trinajstić information content (AvgIpc) is 3.10. The van der Waals surface area contributed by atoms with Crippen LogP contribution in [0, 0.1) is 11.3 Å². The highest BCUT2D eigenvalue weighted by molar-refractivity contribution is 8.18. The quantitative estimate of drug-likeness (QED) is 0.589. The molecule has 2 aromatic rings. The molecular weight excluding hydrogens is 446 g/mol. The van der Waals surface area contributed by atoms with Gasteiger partial charge in [0.15, 0.2) is 11.5 Å². The maximum atomic E-state index is 12.8. The Bertz CT molecular complexity index is 1130. The lowest BCUT2D eigenvalue weighted by Gasteiger charge is -2.13. The molecule has 1 N–H and O–H groups in total. The molecule has 1 aliphatic rings. The molecule has 10 heteroatoms. The van der Waals surface area contributed by atoms with Crippen LogP contribution in [-0.4, -0.2) is 56.4 Å². The summed E-state index contributed by atoms with van der Waals surface area (Å²) in [6.07, 6.45) is 1.57. The molecule has 0 aliphatic carbocycles. The van der Waals surface area contributed by atoms with Crippen molar-refractivity contribution in [2.45, 2.75) is 0 Å². The zero-order valence-corrected chi connectivity index (χ0v) is 19.0. The number of ether oxygens (including phenoxy) is 3. The van der Waals surface area contributed by atoms with E-state index in [1.54, 1.807) is 30.3 Å². The molecule has 0 bridgehead atoms. The van der Waals surface area contributed by atoms with Crippen molar-refractivity contribution in [1.29, 1.82) is 5.26 Å². The Morgan fingerprint density at radius 3 is 2.27 bits per heavy atom. The van der Waals surface area contributed by atoms with Gasteiger partial charge < -0.3 is 19.5 Å². The largest absolute Gasteiger partial charge is 0.493 e. The molecule has 1 heterocycles. The fraction of sp³-hybridized carbons (Fsp3) is 0.217. The highest BCUT2D eigenvalue weighted by Gasteiger charge is 2.34. The van der Waals surface area contributed by atoms with E-state index in [0.717, 1.165) is 16.7 Å². The summed E-state index contributed by atoms with van der Waals surface area (Å²) in [6.45, 7) is 0.119. The number of thioether (sulfide) groups is 1. The lowest BCUT2D eigenvalue weighted by molar-refractivity contribution is -0.122. The number of methoxy groups -OCH3 is 3. The molecule has 9 nitrogen and oxygen atoms in total. The van der Waals surface area contributed by atoms with Gasteiger partial charge in [-0.05, 0) is 59.8 Å². The molecule has 170 valence electrons. The summed E-state index contributed by atoms with van der Waals surface area (Å²) >= 11 is 0.815. The molecule has 2 aromatic carbocycles. The number of rotatable bonds is 8. The second-order valence-corrected chi connectivity index (χ2v) is 7.73. The van der Waals surface area contributed by atoms with Gasteiger partial charge in [-0.1, -0.05) is 0 Å². The molecule has 1 saturated heterocycles. The van der Waals surface area contributed by atoms with Gasteiger partial charge in [0.05, 0.1) is 37.9 Å². The van der Waals surface area contributed by atoms with Crippen LogP contribution in [0.15, 0.2) is 41.3 Å². The van der Waals surface area contributed by atoms with E-state index in [4.69, 9.17) is 19.5 Å². The van der Waals surface area contributed by atoms with Gasteiger partial charge in [-0.25, -0.2) is 0 Å². The second kappa shape index (κ2) is 10.6. The summed E-state index contributed by atoms with van der Waals surface area (Å²) in [5, 5.41) is 11.1. The third-order valence-electron chi connectivity index (χ3n) is 4.76. The van der Waals surface area contributed by atoms with Crippen LogP contribution in [0.1, 0.15) is 21.5 Å². The van der Waals surface area contributed by atoms with Gasteiger partial charge in [0.1, 0.15) is 0 Å². The van der Waals surface area contributed by atoms with Crippen LogP contribution in [0.3, 0.4) is 0 Å². The lowest BCUT2D eigenvalue weighted by Crippen LogP contribution is -2.37. The number of nitrogens with zero attached hydrogens (tertiary/aromatic N) is 2. The Balaban J connectivity index is 1.67. The van der Waals surface area contributed by atoms with Crippen LogP contribution in [0.4, 0.5) is 4.79 Å². The van der Waals surface area contributed by atoms with E-state index >= 15 is 0 Å². The van der Waals surface area contributed by atoms with Gasteiger partial charge in [0, 0.05) is 18.7 Å². The summed E-state index contributed by atoms with van der Waals surface area (Å²) in [4.78, 5) is 38.7. The molecule has 0 aromatic heterocycles. The minimum Gasteiger partial charge on any atom is -0.493 e. The van der Waals surface area contributed by atoms with Crippen LogP contribution in [-0.2, 0) is 4.79 Å². The van der Waals surface area contributed by atoms with E-state index in [1.165, 1.54) is 33.5 Å². The molecule has 0 spiro atoms. The molecule has 3 amide bonds. The molecule has 1 fully saturated rings. The Hall–Kier alpha value is -3.97. The topological polar surface area (TPSA) is 118 Å². The Morgan fingerprint density at radius 2 is 1.73 bits per heavy atom. The molecule has 0 atom stereocenters. The van der Waals surface area contributed by atoms with Crippen LogP contribution >= 0.6 is 11.8 Å². The van der Waals surface area contributed by atoms with Crippen LogP contribution < -0.4 is 19.5 Å². The minimum atomic E-state index is -0.452. The lowest BCUT2D eigenvalue weighted by atomic mass is 10.1. The molecule has 0 saturated carbocycles.